The maximum atomic E-state index is 12.5. The number of fused-ring (bicyclic) bond motifs is 1. The van der Waals surface area contributed by atoms with Crippen LogP contribution in [-0.2, 0) is 30.3 Å². The average Bonchev–Trinajstić information content (AvgIpc) is 3.05. The van der Waals surface area contributed by atoms with Gasteiger partial charge >= 0.3 is 0 Å². The number of hydrogen-bond acceptors (Lipinski definition) is 6. The number of rotatable bonds is 7. The number of Topliss-reactive ketones (excluding diaryl/α,β-unsaturated/α-hetero) is 1. The zero-order valence-corrected chi connectivity index (χ0v) is 17.1. The molecule has 26 heavy (non-hydrogen) atoms. The Kier molecular flexibility index (Phi) is 6.04. The van der Waals surface area contributed by atoms with E-state index in [2.05, 4.69) is 15.9 Å². The second kappa shape index (κ2) is 7.94. The Balaban J connectivity index is 1.76. The van der Waals surface area contributed by atoms with E-state index < -0.39 is 30.4 Å². The highest BCUT2D eigenvalue weighted by atomic mass is 79.9. The van der Waals surface area contributed by atoms with Crippen molar-refractivity contribution in [3.63, 3.8) is 0 Å². The van der Waals surface area contributed by atoms with Crippen LogP contribution in [0.25, 0.3) is 0 Å². The van der Waals surface area contributed by atoms with Crippen molar-refractivity contribution >= 4 is 21.7 Å². The fraction of sp³-hybridized carbons (Fsp3) is 0.632. The third kappa shape index (κ3) is 4.12. The minimum absolute atomic E-state index is 0.0136. The molecule has 2 fully saturated rings. The van der Waals surface area contributed by atoms with E-state index in [-0.39, 0.29) is 12.4 Å². The van der Waals surface area contributed by atoms with Gasteiger partial charge in [-0.2, -0.15) is 0 Å². The van der Waals surface area contributed by atoms with Crippen molar-refractivity contribution in [2.45, 2.75) is 70.6 Å². The Morgan fingerprint density at radius 1 is 1.31 bits per heavy atom. The summed E-state index contributed by atoms with van der Waals surface area (Å²) in [7, 11) is 1.62. The second-order valence-corrected chi connectivity index (χ2v) is 7.89. The molecule has 0 bridgehead atoms. The van der Waals surface area contributed by atoms with Crippen molar-refractivity contribution in [1.29, 1.82) is 0 Å². The molecule has 0 amide bonds. The van der Waals surface area contributed by atoms with E-state index in [4.69, 9.17) is 23.7 Å². The third-order valence-corrected chi connectivity index (χ3v) is 4.98. The van der Waals surface area contributed by atoms with Gasteiger partial charge in [0, 0.05) is 16.5 Å². The molecule has 0 saturated carbocycles. The Morgan fingerprint density at radius 2 is 2.08 bits per heavy atom. The summed E-state index contributed by atoms with van der Waals surface area (Å²) in [6, 6.07) is 5.73. The van der Waals surface area contributed by atoms with Gasteiger partial charge in [0.1, 0.15) is 24.1 Å². The van der Waals surface area contributed by atoms with Crippen LogP contribution in [0.1, 0.15) is 39.2 Å². The zero-order chi connectivity index (χ0) is 18.9. The molecule has 0 radical (unpaired) electrons. The van der Waals surface area contributed by atoms with Gasteiger partial charge in [0.25, 0.3) is 0 Å². The molecular formula is C19H25BrO6. The van der Waals surface area contributed by atoms with Crippen molar-refractivity contribution in [1.82, 2.24) is 0 Å². The zero-order valence-electron chi connectivity index (χ0n) is 15.5. The number of carbonyl (C=O) groups is 1. The normalized spacial score (nSPS) is 29.6. The Morgan fingerprint density at radius 3 is 2.77 bits per heavy atom. The first kappa shape index (κ1) is 19.8. The fourth-order valence-electron chi connectivity index (χ4n) is 3.33. The van der Waals surface area contributed by atoms with Crippen LogP contribution in [0, 0.1) is 0 Å². The summed E-state index contributed by atoms with van der Waals surface area (Å²) in [5, 5.41) is 0. The van der Waals surface area contributed by atoms with Crippen LogP contribution >= 0.6 is 15.9 Å². The van der Waals surface area contributed by atoms with E-state index in [0.717, 1.165) is 22.2 Å². The molecule has 2 heterocycles. The van der Waals surface area contributed by atoms with E-state index >= 15 is 0 Å². The molecule has 1 aromatic carbocycles. The molecule has 6 nitrogen and oxygen atoms in total. The Bertz CT molecular complexity index is 661. The van der Waals surface area contributed by atoms with Crippen LogP contribution in [0.4, 0.5) is 0 Å². The average molecular weight is 429 g/mol. The fourth-order valence-corrected chi connectivity index (χ4v) is 3.67. The Labute approximate surface area is 162 Å². The largest absolute Gasteiger partial charge is 0.496 e. The SMILES string of the molecule is CCCC(=O)[C@H]1O[C@@H]2OC(C)(C)O[C@@H]2[C@H]1OCc1ccc(Br)cc1OC. The van der Waals surface area contributed by atoms with Crippen molar-refractivity contribution in [3.8, 4) is 5.75 Å². The summed E-state index contributed by atoms with van der Waals surface area (Å²) < 4.78 is 30.0. The molecule has 1 aromatic rings. The highest BCUT2D eigenvalue weighted by molar-refractivity contribution is 9.10. The van der Waals surface area contributed by atoms with E-state index in [1.165, 1.54) is 0 Å². The van der Waals surface area contributed by atoms with Crippen LogP contribution in [-0.4, -0.2) is 43.3 Å². The van der Waals surface area contributed by atoms with Crippen molar-refractivity contribution in [2.24, 2.45) is 0 Å². The van der Waals surface area contributed by atoms with Gasteiger partial charge in [-0.25, -0.2) is 0 Å². The monoisotopic (exact) mass is 428 g/mol. The number of ketones is 1. The van der Waals surface area contributed by atoms with Gasteiger partial charge in [0.2, 0.25) is 0 Å². The maximum Gasteiger partial charge on any atom is 0.190 e. The summed E-state index contributed by atoms with van der Waals surface area (Å²) in [4.78, 5) is 12.5. The van der Waals surface area contributed by atoms with Gasteiger partial charge < -0.3 is 23.7 Å². The van der Waals surface area contributed by atoms with Crippen LogP contribution < -0.4 is 4.74 Å². The lowest BCUT2D eigenvalue weighted by Crippen LogP contribution is -2.40. The van der Waals surface area contributed by atoms with E-state index in [0.29, 0.717) is 6.42 Å². The summed E-state index contributed by atoms with van der Waals surface area (Å²) in [6.45, 7) is 5.90. The standard InChI is InChI=1S/C19H25BrO6/c1-5-6-13(21)15-16(17-18(24-15)26-19(2,3)25-17)23-10-11-7-8-12(20)9-14(11)22-4/h7-9,15-18H,5-6,10H2,1-4H3/t15-,16+,17-,18-/m1/s1. The van der Waals surface area contributed by atoms with Gasteiger partial charge in [0.05, 0.1) is 13.7 Å². The maximum absolute atomic E-state index is 12.5. The van der Waals surface area contributed by atoms with E-state index in [9.17, 15) is 4.79 Å². The topological polar surface area (TPSA) is 63.2 Å². The van der Waals surface area contributed by atoms with Crippen LogP contribution in [0.5, 0.6) is 5.75 Å². The quantitative estimate of drug-likeness (QED) is 0.660. The third-order valence-electron chi connectivity index (χ3n) is 4.49. The van der Waals surface area contributed by atoms with E-state index in [1.807, 2.05) is 39.0 Å². The highest BCUT2D eigenvalue weighted by Crippen LogP contribution is 2.40. The summed E-state index contributed by atoms with van der Waals surface area (Å²) >= 11 is 3.43. The lowest BCUT2D eigenvalue weighted by Gasteiger charge is -2.25. The molecule has 7 heteroatoms. The predicted molar refractivity (Wildman–Crippen MR) is 97.9 cm³/mol. The number of carbonyl (C=O) groups excluding carboxylic acids is 1. The lowest BCUT2D eigenvalue weighted by molar-refractivity contribution is -0.218. The van der Waals surface area contributed by atoms with Crippen LogP contribution in [0.3, 0.4) is 0 Å². The Hall–Kier alpha value is -0.990. The van der Waals surface area contributed by atoms with Crippen LogP contribution in [0.15, 0.2) is 22.7 Å². The number of methoxy groups -OCH3 is 1. The molecule has 0 spiro atoms. The summed E-state index contributed by atoms with van der Waals surface area (Å²) in [5.74, 6) is -0.0275. The van der Waals surface area contributed by atoms with Gasteiger partial charge in [0.15, 0.2) is 17.9 Å². The van der Waals surface area contributed by atoms with Gasteiger partial charge in [-0.1, -0.05) is 28.9 Å². The smallest absolute Gasteiger partial charge is 0.190 e. The van der Waals surface area contributed by atoms with Gasteiger partial charge in [-0.15, -0.1) is 0 Å². The van der Waals surface area contributed by atoms with Gasteiger partial charge in [-0.3, -0.25) is 4.79 Å². The molecule has 4 atom stereocenters. The predicted octanol–water partition coefficient (Wildman–Crippen LogP) is 3.59. The van der Waals surface area contributed by atoms with Crippen molar-refractivity contribution < 1.29 is 28.5 Å². The molecule has 0 unspecified atom stereocenters. The molecule has 2 aliphatic heterocycles. The molecular weight excluding hydrogens is 404 g/mol. The summed E-state index contributed by atoms with van der Waals surface area (Å²) in [6.07, 6.45) is -1.02. The molecule has 144 valence electrons. The van der Waals surface area contributed by atoms with E-state index in [1.54, 1.807) is 7.11 Å². The first-order valence-electron chi connectivity index (χ1n) is 8.82. The van der Waals surface area contributed by atoms with Crippen molar-refractivity contribution in [2.75, 3.05) is 7.11 Å². The van der Waals surface area contributed by atoms with Gasteiger partial charge in [-0.05, 0) is 32.4 Å². The minimum atomic E-state index is -0.759. The second-order valence-electron chi connectivity index (χ2n) is 6.97. The minimum Gasteiger partial charge on any atom is -0.496 e. The molecule has 0 aromatic heterocycles. The highest BCUT2D eigenvalue weighted by Gasteiger charge is 2.57. The number of hydrogen-bond donors (Lipinski definition) is 0. The lowest BCUT2D eigenvalue weighted by atomic mass is 10.0. The van der Waals surface area contributed by atoms with Crippen molar-refractivity contribution in [3.05, 3.63) is 28.2 Å². The molecule has 0 N–H and O–H groups in total. The first-order chi connectivity index (χ1) is 12.3. The molecule has 3 rings (SSSR count). The molecule has 2 saturated heterocycles. The first-order valence-corrected chi connectivity index (χ1v) is 9.61. The number of ether oxygens (including phenoxy) is 5. The van der Waals surface area contributed by atoms with Crippen LogP contribution in [0.2, 0.25) is 0 Å². The molecule has 0 aliphatic carbocycles. The number of benzene rings is 1. The molecule has 2 aliphatic rings. The summed E-state index contributed by atoms with van der Waals surface area (Å²) in [5.41, 5.74) is 0.888. The number of halogens is 1.